The van der Waals surface area contributed by atoms with Crippen molar-refractivity contribution in [3.8, 4) is 22.3 Å². The summed E-state index contributed by atoms with van der Waals surface area (Å²) in [5.74, 6) is 0. The van der Waals surface area contributed by atoms with Crippen molar-refractivity contribution < 1.29 is 0 Å². The molecule has 0 bridgehead atoms. The minimum Gasteiger partial charge on any atom is -0.356 e. The predicted molar refractivity (Wildman–Crippen MR) is 224 cm³/mol. The van der Waals surface area contributed by atoms with Crippen LogP contribution in [0.25, 0.3) is 22.3 Å². The topological polar surface area (TPSA) is 12.0 Å². The number of anilines is 2. The molecule has 0 aromatic heterocycles. The first-order valence-corrected chi connectivity index (χ1v) is 21.4. The van der Waals surface area contributed by atoms with Crippen molar-refractivity contribution in [2.24, 2.45) is 0 Å². The zero-order chi connectivity index (χ0) is 35.5. The van der Waals surface area contributed by atoms with Crippen molar-refractivity contribution in [3.63, 3.8) is 0 Å². The fourth-order valence-electron chi connectivity index (χ4n) is 9.97. The summed E-state index contributed by atoms with van der Waals surface area (Å²) >= 11 is 0. The number of unbranched alkanes of at least 4 members (excludes halogenated alkanes) is 12. The SMILES string of the molecule is CCCCCCC1(CCCCCC)c2ccccc2-c2ccc(Nc3ccc4c(c3)C(CCCCCC)(CCCCCC)c3ccccc3-4)cc21. The summed E-state index contributed by atoms with van der Waals surface area (Å²) in [7, 11) is 0. The van der Waals surface area contributed by atoms with E-state index in [9.17, 15) is 0 Å². The Morgan fingerprint density at radius 2 is 0.686 bits per heavy atom. The first kappa shape index (κ1) is 37.4. The van der Waals surface area contributed by atoms with E-state index in [4.69, 9.17) is 0 Å². The largest absolute Gasteiger partial charge is 0.356 e. The predicted octanol–water partition coefficient (Wildman–Crippen LogP) is 15.8. The van der Waals surface area contributed by atoms with Crippen molar-refractivity contribution in [3.05, 3.63) is 107 Å². The summed E-state index contributed by atoms with van der Waals surface area (Å²) in [6, 6.07) is 33.5. The van der Waals surface area contributed by atoms with Gasteiger partial charge in [0, 0.05) is 22.2 Å². The molecule has 0 radical (unpaired) electrons. The van der Waals surface area contributed by atoms with E-state index in [2.05, 4.69) is 118 Å². The van der Waals surface area contributed by atoms with Gasteiger partial charge in [-0.3, -0.25) is 0 Å². The van der Waals surface area contributed by atoms with Crippen LogP contribution in [-0.2, 0) is 10.8 Å². The Morgan fingerprint density at radius 3 is 1.04 bits per heavy atom. The Morgan fingerprint density at radius 1 is 0.353 bits per heavy atom. The average Bonchev–Trinajstić information content (AvgIpc) is 3.59. The van der Waals surface area contributed by atoms with Crippen LogP contribution in [0.2, 0.25) is 0 Å². The minimum atomic E-state index is 0.108. The van der Waals surface area contributed by atoms with E-state index in [0.29, 0.717) is 0 Å². The van der Waals surface area contributed by atoms with Crippen LogP contribution in [0.5, 0.6) is 0 Å². The number of fused-ring (bicyclic) bond motifs is 6. The van der Waals surface area contributed by atoms with E-state index in [1.54, 1.807) is 22.3 Å². The summed E-state index contributed by atoms with van der Waals surface area (Å²) in [5, 5.41) is 4.00. The van der Waals surface area contributed by atoms with Gasteiger partial charge in [0.05, 0.1) is 0 Å². The molecular weight excluding hydrogens is 615 g/mol. The smallest absolute Gasteiger partial charge is 0.0387 e. The molecule has 1 nitrogen and oxygen atoms in total. The molecule has 2 aliphatic carbocycles. The molecule has 0 unspecified atom stereocenters. The lowest BCUT2D eigenvalue weighted by Gasteiger charge is -2.33. The lowest BCUT2D eigenvalue weighted by atomic mass is 9.70. The number of hydrogen-bond acceptors (Lipinski definition) is 1. The van der Waals surface area contributed by atoms with Crippen LogP contribution in [0.4, 0.5) is 11.4 Å². The van der Waals surface area contributed by atoms with Gasteiger partial charge in [-0.05, 0) is 94.5 Å². The second-order valence-corrected chi connectivity index (χ2v) is 16.1. The van der Waals surface area contributed by atoms with Crippen LogP contribution in [0.3, 0.4) is 0 Å². The highest BCUT2D eigenvalue weighted by molar-refractivity contribution is 5.85. The molecule has 0 fully saturated rings. The number of benzene rings is 4. The van der Waals surface area contributed by atoms with E-state index in [1.165, 1.54) is 162 Å². The first-order chi connectivity index (χ1) is 25.1. The highest BCUT2D eigenvalue weighted by Crippen LogP contribution is 2.56. The van der Waals surface area contributed by atoms with Gasteiger partial charge in [-0.2, -0.15) is 0 Å². The Hall–Kier alpha value is -3.32. The first-order valence-electron chi connectivity index (χ1n) is 21.4. The second kappa shape index (κ2) is 17.9. The van der Waals surface area contributed by atoms with Crippen LogP contribution in [0, 0.1) is 0 Å². The van der Waals surface area contributed by atoms with Gasteiger partial charge in [-0.25, -0.2) is 0 Å². The molecule has 1 heteroatoms. The molecule has 0 saturated heterocycles. The zero-order valence-electron chi connectivity index (χ0n) is 32.7. The van der Waals surface area contributed by atoms with E-state index in [-0.39, 0.29) is 10.8 Å². The molecule has 51 heavy (non-hydrogen) atoms. The van der Waals surface area contributed by atoms with E-state index in [0.717, 1.165) is 0 Å². The Balaban J connectivity index is 1.36. The molecule has 4 aromatic rings. The van der Waals surface area contributed by atoms with Crippen molar-refractivity contribution in [2.45, 2.75) is 167 Å². The molecule has 272 valence electrons. The second-order valence-electron chi connectivity index (χ2n) is 16.1. The molecule has 4 aromatic carbocycles. The fraction of sp³-hybridized carbons (Fsp3) is 0.520. The van der Waals surface area contributed by atoms with Crippen molar-refractivity contribution in [1.82, 2.24) is 0 Å². The maximum atomic E-state index is 4.00. The molecule has 0 amide bonds. The summed E-state index contributed by atoms with van der Waals surface area (Å²) < 4.78 is 0. The molecule has 0 heterocycles. The van der Waals surface area contributed by atoms with Gasteiger partial charge in [0.15, 0.2) is 0 Å². The highest BCUT2D eigenvalue weighted by Gasteiger charge is 2.43. The third kappa shape index (κ3) is 7.89. The normalized spacial score (nSPS) is 14.6. The van der Waals surface area contributed by atoms with Gasteiger partial charge in [0.25, 0.3) is 0 Å². The van der Waals surface area contributed by atoms with Crippen LogP contribution >= 0.6 is 0 Å². The van der Waals surface area contributed by atoms with Gasteiger partial charge >= 0.3 is 0 Å². The van der Waals surface area contributed by atoms with Gasteiger partial charge < -0.3 is 5.32 Å². The maximum absolute atomic E-state index is 4.00. The Bertz CT molecular complexity index is 1540. The Kier molecular flexibility index (Phi) is 13.2. The summed E-state index contributed by atoms with van der Waals surface area (Å²) in [4.78, 5) is 0. The van der Waals surface area contributed by atoms with Crippen LogP contribution < -0.4 is 5.32 Å². The third-order valence-corrected chi connectivity index (χ3v) is 12.7. The van der Waals surface area contributed by atoms with Gasteiger partial charge in [0.1, 0.15) is 0 Å². The Labute approximate surface area is 312 Å². The lowest BCUT2D eigenvalue weighted by molar-refractivity contribution is 0.401. The molecule has 0 spiro atoms. The van der Waals surface area contributed by atoms with Crippen LogP contribution in [-0.4, -0.2) is 0 Å². The molecule has 0 aliphatic heterocycles. The molecule has 2 aliphatic rings. The standard InChI is InChI=1S/C50H67N/c1-5-9-13-21-33-49(34-22-14-10-6-2)45-27-19-17-25-41(45)43-31-29-39(37-47(43)49)51-40-30-32-44-42-26-18-20-28-46(42)50(48(44)38-40,35-23-15-11-7-3)36-24-16-12-8-4/h17-20,25-32,37-38,51H,5-16,21-24,33-36H2,1-4H3. The lowest BCUT2D eigenvalue weighted by Crippen LogP contribution is -2.26. The fourth-order valence-corrected chi connectivity index (χ4v) is 9.97. The molecule has 0 saturated carbocycles. The van der Waals surface area contributed by atoms with Gasteiger partial charge in [0.2, 0.25) is 0 Å². The average molecular weight is 682 g/mol. The highest BCUT2D eigenvalue weighted by atomic mass is 14.9. The molecular formula is C50H67N. The van der Waals surface area contributed by atoms with E-state index >= 15 is 0 Å². The monoisotopic (exact) mass is 682 g/mol. The summed E-state index contributed by atoms with van der Waals surface area (Å²) in [5.41, 5.74) is 14.8. The van der Waals surface area contributed by atoms with E-state index in [1.807, 2.05) is 0 Å². The number of rotatable bonds is 22. The van der Waals surface area contributed by atoms with Crippen LogP contribution in [0.15, 0.2) is 84.9 Å². The number of hydrogen-bond donors (Lipinski definition) is 1. The van der Waals surface area contributed by atoms with Crippen LogP contribution in [0.1, 0.15) is 178 Å². The number of nitrogens with one attached hydrogen (secondary N) is 1. The summed E-state index contributed by atoms with van der Waals surface area (Å²) in [6.45, 7) is 9.33. The zero-order valence-corrected chi connectivity index (χ0v) is 32.7. The maximum Gasteiger partial charge on any atom is 0.0387 e. The summed E-state index contributed by atoms with van der Waals surface area (Å²) in [6.07, 6.45) is 26.0. The quantitative estimate of drug-likeness (QED) is 0.0814. The van der Waals surface area contributed by atoms with Gasteiger partial charge in [-0.15, -0.1) is 0 Å². The molecule has 1 N–H and O–H groups in total. The van der Waals surface area contributed by atoms with E-state index < -0.39 is 0 Å². The minimum absolute atomic E-state index is 0.108. The van der Waals surface area contributed by atoms with Crippen molar-refractivity contribution in [2.75, 3.05) is 5.32 Å². The van der Waals surface area contributed by atoms with Crippen molar-refractivity contribution in [1.29, 1.82) is 0 Å². The van der Waals surface area contributed by atoms with Gasteiger partial charge in [-0.1, -0.05) is 191 Å². The molecule has 6 rings (SSSR count). The third-order valence-electron chi connectivity index (χ3n) is 12.7. The molecule has 0 atom stereocenters. The van der Waals surface area contributed by atoms with Crippen molar-refractivity contribution >= 4 is 11.4 Å².